The average Bonchev–Trinajstić information content (AvgIpc) is 3.36. The van der Waals surface area contributed by atoms with Crippen molar-refractivity contribution in [2.24, 2.45) is 0 Å². The second kappa shape index (κ2) is 9.10. The summed E-state index contributed by atoms with van der Waals surface area (Å²) in [5.74, 6) is -0.204. The van der Waals surface area contributed by atoms with Crippen LogP contribution in [-0.2, 0) is 22.6 Å². The van der Waals surface area contributed by atoms with E-state index in [4.69, 9.17) is 0 Å². The summed E-state index contributed by atoms with van der Waals surface area (Å²) >= 11 is 0. The van der Waals surface area contributed by atoms with Crippen LogP contribution in [-0.4, -0.2) is 52.9 Å². The van der Waals surface area contributed by atoms with E-state index in [9.17, 15) is 14.7 Å². The molecule has 1 unspecified atom stereocenters. The van der Waals surface area contributed by atoms with E-state index in [2.05, 4.69) is 41.4 Å². The van der Waals surface area contributed by atoms with Crippen LogP contribution < -0.4 is 5.32 Å². The summed E-state index contributed by atoms with van der Waals surface area (Å²) in [4.78, 5) is 28.5. The number of nitrogens with zero attached hydrogens (tertiary/aromatic N) is 2. The zero-order valence-corrected chi connectivity index (χ0v) is 18.3. The topological polar surface area (TPSA) is 72.9 Å². The lowest BCUT2D eigenvalue weighted by Crippen LogP contribution is -2.39. The van der Waals surface area contributed by atoms with Gasteiger partial charge in [-0.15, -0.1) is 0 Å². The lowest BCUT2D eigenvalue weighted by Gasteiger charge is -2.20. The number of aromatic hydroxyl groups is 1. The SMILES string of the molecule is Cc1cc(Cc2[c]cc(O)cc2NC(=O)C2CCC(=O)N2C)ccc1CN1CCCC1. The van der Waals surface area contributed by atoms with Crippen LogP contribution in [0.5, 0.6) is 5.75 Å². The second-order valence-corrected chi connectivity index (χ2v) is 8.72. The number of hydrogen-bond acceptors (Lipinski definition) is 4. The van der Waals surface area contributed by atoms with Crippen LogP contribution in [0, 0.1) is 13.0 Å². The van der Waals surface area contributed by atoms with Crippen molar-refractivity contribution in [3.63, 3.8) is 0 Å². The van der Waals surface area contributed by atoms with E-state index < -0.39 is 6.04 Å². The van der Waals surface area contributed by atoms with E-state index in [1.807, 2.05) is 0 Å². The van der Waals surface area contributed by atoms with Gasteiger partial charge >= 0.3 is 0 Å². The number of rotatable bonds is 6. The number of hydrogen-bond donors (Lipinski definition) is 2. The van der Waals surface area contributed by atoms with Crippen molar-refractivity contribution < 1.29 is 14.7 Å². The molecule has 2 aliphatic rings. The third-order valence-corrected chi connectivity index (χ3v) is 6.45. The highest BCUT2D eigenvalue weighted by Crippen LogP contribution is 2.27. The molecule has 6 heteroatoms. The third-order valence-electron chi connectivity index (χ3n) is 6.45. The first kappa shape index (κ1) is 21.4. The number of likely N-dealkylation sites (tertiary alicyclic amines) is 2. The Hall–Kier alpha value is -2.86. The summed E-state index contributed by atoms with van der Waals surface area (Å²) in [6.45, 7) is 5.49. The number of benzene rings is 2. The Labute approximate surface area is 183 Å². The van der Waals surface area contributed by atoms with Crippen LogP contribution in [0.2, 0.25) is 0 Å². The van der Waals surface area contributed by atoms with Gasteiger partial charge in [-0.1, -0.05) is 18.2 Å². The molecule has 31 heavy (non-hydrogen) atoms. The summed E-state index contributed by atoms with van der Waals surface area (Å²) < 4.78 is 0. The summed E-state index contributed by atoms with van der Waals surface area (Å²) in [5, 5.41) is 12.8. The van der Waals surface area contributed by atoms with Crippen molar-refractivity contribution in [3.05, 3.63) is 58.7 Å². The van der Waals surface area contributed by atoms with E-state index in [1.165, 1.54) is 48.0 Å². The molecule has 2 aromatic carbocycles. The van der Waals surface area contributed by atoms with Gasteiger partial charge in [0.05, 0.1) is 0 Å². The number of phenols is 1. The fourth-order valence-corrected chi connectivity index (χ4v) is 4.53. The number of phenolic OH excluding ortho intramolecular Hbond substituents is 1. The molecule has 2 fully saturated rings. The second-order valence-electron chi connectivity index (χ2n) is 8.72. The van der Waals surface area contributed by atoms with Crippen LogP contribution in [0.4, 0.5) is 5.69 Å². The van der Waals surface area contributed by atoms with Crippen molar-refractivity contribution in [2.45, 2.75) is 51.6 Å². The molecule has 0 aromatic heterocycles. The van der Waals surface area contributed by atoms with E-state index >= 15 is 0 Å². The monoisotopic (exact) mass is 420 g/mol. The van der Waals surface area contributed by atoms with Gasteiger partial charge in [-0.2, -0.15) is 0 Å². The van der Waals surface area contributed by atoms with Gasteiger partial charge in [0.2, 0.25) is 11.8 Å². The number of amides is 2. The molecule has 2 N–H and O–H groups in total. The van der Waals surface area contributed by atoms with Crippen LogP contribution >= 0.6 is 0 Å². The molecule has 163 valence electrons. The maximum absolute atomic E-state index is 12.7. The maximum Gasteiger partial charge on any atom is 0.247 e. The molecule has 6 nitrogen and oxygen atoms in total. The Morgan fingerprint density at radius 1 is 1.26 bits per heavy atom. The summed E-state index contributed by atoms with van der Waals surface area (Å²) in [6, 6.07) is 12.2. The highest BCUT2D eigenvalue weighted by molar-refractivity contribution is 5.99. The number of nitrogens with one attached hydrogen (secondary N) is 1. The van der Waals surface area contributed by atoms with E-state index in [-0.39, 0.29) is 17.6 Å². The van der Waals surface area contributed by atoms with Gasteiger partial charge in [0.15, 0.2) is 0 Å². The molecular weight excluding hydrogens is 390 g/mol. The smallest absolute Gasteiger partial charge is 0.247 e. The number of carbonyl (C=O) groups is 2. The van der Waals surface area contributed by atoms with Gasteiger partial charge in [0.1, 0.15) is 11.8 Å². The minimum absolute atomic E-state index is 0.0210. The minimum Gasteiger partial charge on any atom is -0.508 e. The number of aryl methyl sites for hydroxylation is 1. The van der Waals surface area contributed by atoms with Crippen molar-refractivity contribution in [3.8, 4) is 5.75 Å². The van der Waals surface area contributed by atoms with Gasteiger partial charge in [-0.05, 0) is 73.7 Å². The molecule has 0 bridgehead atoms. The van der Waals surface area contributed by atoms with E-state index in [0.29, 0.717) is 24.9 Å². The van der Waals surface area contributed by atoms with Crippen LogP contribution in [0.3, 0.4) is 0 Å². The number of carbonyl (C=O) groups excluding carboxylic acids is 2. The normalized spacial score (nSPS) is 19.2. The lowest BCUT2D eigenvalue weighted by molar-refractivity contribution is -0.131. The standard InChI is InChI=1S/C25H30N3O3/c1-17-13-18(5-6-20(17)16-28-11-3-4-12-28)14-19-7-8-21(29)15-22(19)26-25(31)23-9-10-24(30)27(23)2/h5-6,8,13,15,23,29H,3-4,9-12,14,16H2,1-2H3,(H,26,31). The molecular formula is C25H30N3O3. The van der Waals surface area contributed by atoms with Crippen molar-refractivity contribution in [1.82, 2.24) is 9.80 Å². The Kier molecular flexibility index (Phi) is 6.28. The number of likely N-dealkylation sites (N-methyl/N-ethyl adjacent to an activating group) is 1. The Bertz CT molecular complexity index is 982. The minimum atomic E-state index is -0.477. The van der Waals surface area contributed by atoms with Gasteiger partial charge < -0.3 is 15.3 Å². The average molecular weight is 421 g/mol. The molecule has 1 radical (unpaired) electrons. The van der Waals surface area contributed by atoms with Crippen LogP contribution in [0.25, 0.3) is 0 Å². The summed E-state index contributed by atoms with van der Waals surface area (Å²) in [7, 11) is 1.65. The molecule has 2 heterocycles. The predicted molar refractivity (Wildman–Crippen MR) is 120 cm³/mol. The highest BCUT2D eigenvalue weighted by Gasteiger charge is 2.33. The van der Waals surface area contributed by atoms with Gasteiger partial charge in [-0.25, -0.2) is 0 Å². The fourth-order valence-electron chi connectivity index (χ4n) is 4.53. The Morgan fingerprint density at radius 2 is 2.03 bits per heavy atom. The lowest BCUT2D eigenvalue weighted by atomic mass is 9.98. The van der Waals surface area contributed by atoms with Gasteiger partial charge in [-0.3, -0.25) is 14.5 Å². The molecule has 0 spiro atoms. The predicted octanol–water partition coefficient (Wildman–Crippen LogP) is 3.25. The molecule has 0 saturated carbocycles. The van der Waals surface area contributed by atoms with Crippen molar-refractivity contribution in [2.75, 3.05) is 25.5 Å². The molecule has 2 saturated heterocycles. The molecule has 2 amide bonds. The summed E-state index contributed by atoms with van der Waals surface area (Å²) in [5.41, 5.74) is 5.09. The Balaban J connectivity index is 1.49. The quantitative estimate of drug-likeness (QED) is 0.753. The Morgan fingerprint density at radius 3 is 2.71 bits per heavy atom. The van der Waals surface area contributed by atoms with Crippen LogP contribution in [0.15, 0.2) is 30.3 Å². The molecule has 1 atom stereocenters. The van der Waals surface area contributed by atoms with E-state index in [1.54, 1.807) is 13.1 Å². The summed E-state index contributed by atoms with van der Waals surface area (Å²) in [6.07, 6.45) is 4.06. The van der Waals surface area contributed by atoms with E-state index in [0.717, 1.165) is 17.7 Å². The zero-order valence-electron chi connectivity index (χ0n) is 18.3. The molecule has 2 aromatic rings. The largest absolute Gasteiger partial charge is 0.508 e. The first-order chi connectivity index (χ1) is 14.9. The van der Waals surface area contributed by atoms with Gasteiger partial charge in [0, 0.05) is 38.2 Å². The maximum atomic E-state index is 12.7. The molecule has 2 aliphatic heterocycles. The fraction of sp³-hybridized carbons (Fsp3) is 0.440. The molecule has 0 aliphatic carbocycles. The highest BCUT2D eigenvalue weighted by atomic mass is 16.3. The zero-order chi connectivity index (χ0) is 22.0. The molecule has 4 rings (SSSR count). The third kappa shape index (κ3) is 4.90. The van der Waals surface area contributed by atoms with Gasteiger partial charge in [0.25, 0.3) is 0 Å². The van der Waals surface area contributed by atoms with Crippen molar-refractivity contribution >= 4 is 17.5 Å². The van der Waals surface area contributed by atoms with Crippen molar-refractivity contribution in [1.29, 1.82) is 0 Å². The van der Waals surface area contributed by atoms with Crippen LogP contribution in [0.1, 0.15) is 47.9 Å². The number of anilines is 1. The first-order valence-electron chi connectivity index (χ1n) is 11.0. The first-order valence-corrected chi connectivity index (χ1v) is 11.0.